The van der Waals surface area contributed by atoms with Gasteiger partial charge in [0.25, 0.3) is 0 Å². The molecule has 0 spiro atoms. The molecule has 1 unspecified atom stereocenters. The van der Waals surface area contributed by atoms with Gasteiger partial charge in [0.2, 0.25) is 0 Å². The molecule has 0 radical (unpaired) electrons. The van der Waals surface area contributed by atoms with Gasteiger partial charge in [-0.05, 0) is 38.0 Å². The Morgan fingerprint density at radius 2 is 1.94 bits per heavy atom. The molecule has 1 saturated heterocycles. The second kappa shape index (κ2) is 6.36. The normalized spacial score (nSPS) is 38.8. The number of rotatable bonds is 4. The molecule has 18 heavy (non-hydrogen) atoms. The molecule has 0 aromatic heterocycles. The quantitative estimate of drug-likeness (QED) is 0.837. The summed E-state index contributed by atoms with van der Waals surface area (Å²) in [4.78, 5) is 2.70. The third-order valence-corrected chi connectivity index (χ3v) is 5.30. The molecular weight excluding hydrogens is 224 g/mol. The highest BCUT2D eigenvalue weighted by molar-refractivity contribution is 4.98. The lowest BCUT2D eigenvalue weighted by Gasteiger charge is -2.52. The smallest absolute Gasteiger partial charge is 0.0622 e. The highest BCUT2D eigenvalue weighted by Crippen LogP contribution is 2.39. The molecule has 2 N–H and O–H groups in total. The first-order chi connectivity index (χ1) is 8.75. The van der Waals surface area contributed by atoms with Crippen molar-refractivity contribution in [1.29, 1.82) is 0 Å². The van der Waals surface area contributed by atoms with Gasteiger partial charge in [0.05, 0.1) is 13.2 Å². The van der Waals surface area contributed by atoms with E-state index in [0.717, 1.165) is 32.2 Å². The number of nitrogens with two attached hydrogens (primary N) is 1. The molecule has 1 saturated carbocycles. The molecule has 0 bridgehead atoms. The van der Waals surface area contributed by atoms with Crippen LogP contribution in [0.2, 0.25) is 0 Å². The summed E-state index contributed by atoms with van der Waals surface area (Å²) >= 11 is 0. The Morgan fingerprint density at radius 3 is 2.50 bits per heavy atom. The summed E-state index contributed by atoms with van der Waals surface area (Å²) < 4.78 is 5.64. The zero-order valence-corrected chi connectivity index (χ0v) is 12.2. The van der Waals surface area contributed by atoms with Crippen molar-refractivity contribution in [3.8, 4) is 0 Å². The molecule has 3 nitrogen and oxygen atoms in total. The van der Waals surface area contributed by atoms with Gasteiger partial charge in [-0.25, -0.2) is 0 Å². The van der Waals surface area contributed by atoms with Crippen LogP contribution in [0.3, 0.4) is 0 Å². The molecule has 1 aliphatic carbocycles. The van der Waals surface area contributed by atoms with Crippen molar-refractivity contribution < 1.29 is 4.74 Å². The van der Waals surface area contributed by atoms with Crippen LogP contribution in [0.15, 0.2) is 0 Å². The van der Waals surface area contributed by atoms with Gasteiger partial charge in [-0.15, -0.1) is 0 Å². The topological polar surface area (TPSA) is 38.5 Å². The van der Waals surface area contributed by atoms with Crippen molar-refractivity contribution in [3.05, 3.63) is 0 Å². The van der Waals surface area contributed by atoms with Gasteiger partial charge in [0, 0.05) is 24.7 Å². The summed E-state index contributed by atoms with van der Waals surface area (Å²) in [5.74, 6) is 0.936. The highest BCUT2D eigenvalue weighted by atomic mass is 16.5. The summed E-state index contributed by atoms with van der Waals surface area (Å²) in [5.41, 5.74) is 6.46. The van der Waals surface area contributed by atoms with Crippen LogP contribution in [0.4, 0.5) is 0 Å². The van der Waals surface area contributed by atoms with Crippen LogP contribution < -0.4 is 5.73 Å². The number of morpholine rings is 1. The van der Waals surface area contributed by atoms with Gasteiger partial charge in [-0.3, -0.25) is 4.90 Å². The second-order valence-corrected chi connectivity index (χ2v) is 6.11. The Labute approximate surface area is 112 Å². The molecule has 1 atom stereocenters. The van der Waals surface area contributed by atoms with Gasteiger partial charge >= 0.3 is 0 Å². The molecule has 3 heteroatoms. The van der Waals surface area contributed by atoms with Gasteiger partial charge in [-0.2, -0.15) is 0 Å². The lowest BCUT2D eigenvalue weighted by molar-refractivity contribution is -0.0795. The second-order valence-electron chi connectivity index (χ2n) is 6.11. The highest BCUT2D eigenvalue weighted by Gasteiger charge is 2.42. The summed E-state index contributed by atoms with van der Waals surface area (Å²) in [6.07, 6.45) is 7.82. The van der Waals surface area contributed by atoms with E-state index in [4.69, 9.17) is 10.5 Å². The minimum absolute atomic E-state index is 0.274. The van der Waals surface area contributed by atoms with Gasteiger partial charge in [-0.1, -0.05) is 20.3 Å². The van der Waals surface area contributed by atoms with Crippen molar-refractivity contribution in [2.24, 2.45) is 11.7 Å². The Kier molecular flexibility index (Phi) is 5.05. The molecular formula is C15H30N2O. The Morgan fingerprint density at radius 1 is 1.22 bits per heavy atom. The maximum Gasteiger partial charge on any atom is 0.0622 e. The standard InChI is InChI=1S/C15H30N2O/c1-3-13-5-7-15(12-16,8-6-13)17-9-10-18-11-14(17)4-2/h13-14H,3-12,16H2,1-2H3. The predicted octanol–water partition coefficient (Wildman–Crippen LogP) is 2.39. The fourth-order valence-electron chi connectivity index (χ4n) is 3.85. The third-order valence-electron chi connectivity index (χ3n) is 5.30. The molecule has 1 heterocycles. The summed E-state index contributed by atoms with van der Waals surface area (Å²) in [7, 11) is 0. The molecule has 106 valence electrons. The van der Waals surface area contributed by atoms with Crippen LogP contribution in [0, 0.1) is 5.92 Å². The van der Waals surface area contributed by atoms with Crippen LogP contribution in [-0.2, 0) is 4.74 Å². The van der Waals surface area contributed by atoms with E-state index in [9.17, 15) is 0 Å². The number of hydrogen-bond acceptors (Lipinski definition) is 3. The minimum Gasteiger partial charge on any atom is -0.378 e. The zero-order chi connectivity index (χ0) is 13.0. The van der Waals surface area contributed by atoms with Crippen LogP contribution in [0.25, 0.3) is 0 Å². The molecule has 0 aromatic rings. The average molecular weight is 254 g/mol. The molecule has 0 amide bonds. The van der Waals surface area contributed by atoms with Crippen LogP contribution in [0.5, 0.6) is 0 Å². The van der Waals surface area contributed by atoms with Crippen LogP contribution in [0.1, 0.15) is 52.4 Å². The lowest BCUT2D eigenvalue weighted by atomic mass is 9.74. The van der Waals surface area contributed by atoms with Gasteiger partial charge in [0.1, 0.15) is 0 Å². The van der Waals surface area contributed by atoms with Crippen LogP contribution in [-0.4, -0.2) is 42.8 Å². The molecule has 2 rings (SSSR count). The molecule has 0 aromatic carbocycles. The maximum atomic E-state index is 6.19. The van der Waals surface area contributed by atoms with Gasteiger partial charge in [0.15, 0.2) is 0 Å². The fraction of sp³-hybridized carbons (Fsp3) is 1.00. The molecule has 2 aliphatic rings. The summed E-state index contributed by atoms with van der Waals surface area (Å²) in [6, 6.07) is 0.584. The summed E-state index contributed by atoms with van der Waals surface area (Å²) in [5, 5.41) is 0. The van der Waals surface area contributed by atoms with Crippen LogP contribution >= 0.6 is 0 Å². The van der Waals surface area contributed by atoms with E-state index in [2.05, 4.69) is 18.7 Å². The van der Waals surface area contributed by atoms with E-state index < -0.39 is 0 Å². The Hall–Kier alpha value is -0.120. The first-order valence-electron chi connectivity index (χ1n) is 7.80. The summed E-state index contributed by atoms with van der Waals surface area (Å²) in [6.45, 7) is 8.27. The molecule has 2 fully saturated rings. The number of hydrogen-bond donors (Lipinski definition) is 1. The maximum absolute atomic E-state index is 6.19. The number of ether oxygens (including phenoxy) is 1. The van der Waals surface area contributed by atoms with Crippen molar-refractivity contribution >= 4 is 0 Å². The first kappa shape index (κ1) is 14.3. The van der Waals surface area contributed by atoms with E-state index in [1.807, 2.05) is 0 Å². The first-order valence-corrected chi connectivity index (χ1v) is 7.80. The van der Waals surface area contributed by atoms with Crippen molar-refractivity contribution in [1.82, 2.24) is 4.90 Å². The average Bonchev–Trinajstić information content (AvgIpc) is 2.47. The molecule has 1 aliphatic heterocycles. The SMILES string of the molecule is CCC1CCC(CN)(N2CCOCC2CC)CC1. The fourth-order valence-corrected chi connectivity index (χ4v) is 3.85. The van der Waals surface area contributed by atoms with E-state index in [1.165, 1.54) is 38.5 Å². The van der Waals surface area contributed by atoms with Crippen molar-refractivity contribution in [3.63, 3.8) is 0 Å². The van der Waals surface area contributed by atoms with E-state index >= 15 is 0 Å². The Bertz CT molecular complexity index is 249. The van der Waals surface area contributed by atoms with Crippen molar-refractivity contribution in [2.75, 3.05) is 26.3 Å². The van der Waals surface area contributed by atoms with E-state index in [0.29, 0.717) is 6.04 Å². The third kappa shape index (κ3) is 2.73. The number of nitrogens with zero attached hydrogens (tertiary/aromatic N) is 1. The van der Waals surface area contributed by atoms with E-state index in [-0.39, 0.29) is 5.54 Å². The van der Waals surface area contributed by atoms with Gasteiger partial charge < -0.3 is 10.5 Å². The predicted molar refractivity (Wildman–Crippen MR) is 75.6 cm³/mol. The zero-order valence-electron chi connectivity index (χ0n) is 12.2. The Balaban J connectivity index is 2.06. The monoisotopic (exact) mass is 254 g/mol. The minimum atomic E-state index is 0.274. The largest absolute Gasteiger partial charge is 0.378 e. The van der Waals surface area contributed by atoms with E-state index in [1.54, 1.807) is 0 Å². The van der Waals surface area contributed by atoms with Crippen molar-refractivity contribution in [2.45, 2.75) is 64.0 Å². The lowest BCUT2D eigenvalue weighted by Crippen LogP contribution is -2.62.